The van der Waals surface area contributed by atoms with E-state index in [-0.39, 0.29) is 5.91 Å². The first kappa shape index (κ1) is 24.2. The molecule has 0 aromatic heterocycles. The van der Waals surface area contributed by atoms with Gasteiger partial charge in [0.2, 0.25) is 5.91 Å². The number of hydrogen-bond acceptors (Lipinski definition) is 4. The number of halogens is 1. The lowest BCUT2D eigenvalue weighted by Crippen LogP contribution is -2.45. The third-order valence-corrected chi connectivity index (χ3v) is 6.22. The van der Waals surface area contributed by atoms with Gasteiger partial charge in [0.1, 0.15) is 0 Å². The highest BCUT2D eigenvalue weighted by Crippen LogP contribution is 2.34. The topological polar surface area (TPSA) is 107 Å². The Kier molecular flexibility index (Phi) is 9.59. The summed E-state index contributed by atoms with van der Waals surface area (Å²) in [6.07, 6.45) is 10.0. The molecule has 30 heavy (non-hydrogen) atoms. The van der Waals surface area contributed by atoms with Gasteiger partial charge in [-0.25, -0.2) is 9.59 Å². The van der Waals surface area contributed by atoms with Crippen LogP contribution in [-0.4, -0.2) is 52.1 Å². The molecule has 8 heteroatoms. The molecule has 2 atom stereocenters. The Labute approximate surface area is 182 Å². The van der Waals surface area contributed by atoms with E-state index in [1.807, 2.05) is 25.1 Å². The number of carbonyl (C=O) groups is 3. The van der Waals surface area contributed by atoms with Crippen molar-refractivity contribution in [1.82, 2.24) is 4.90 Å². The molecule has 2 aliphatic rings. The van der Waals surface area contributed by atoms with E-state index in [1.54, 1.807) is 0 Å². The van der Waals surface area contributed by atoms with Gasteiger partial charge in [0, 0.05) is 19.0 Å². The van der Waals surface area contributed by atoms with E-state index in [4.69, 9.17) is 31.4 Å². The molecular weight excluding hydrogens is 408 g/mol. The van der Waals surface area contributed by atoms with Gasteiger partial charge in [0.05, 0.1) is 10.7 Å². The van der Waals surface area contributed by atoms with Gasteiger partial charge in [-0.05, 0) is 56.7 Å². The average Bonchev–Trinajstić information content (AvgIpc) is 2.95. The van der Waals surface area contributed by atoms with Crippen molar-refractivity contribution in [2.45, 2.75) is 64.3 Å². The monoisotopic (exact) mass is 438 g/mol. The molecule has 1 saturated carbocycles. The fourth-order valence-electron chi connectivity index (χ4n) is 4.42. The minimum Gasteiger partial charge on any atom is -0.473 e. The highest BCUT2D eigenvalue weighted by molar-refractivity contribution is 6.33. The van der Waals surface area contributed by atoms with Crippen LogP contribution in [0.4, 0.5) is 5.69 Å². The molecule has 1 heterocycles. The third kappa shape index (κ3) is 7.29. The standard InChI is InChI=1S/C20H29ClN2O.C2H2O4/c1-15-7-5-10-17(21)20(15)22-19(24)12-14-23-13-6-9-16-8-3-2-4-11-18(16)23;3-1(4)2(5)6/h5,7,10,16,18H,2-4,6,8-9,11-14H2,1H3,(H,22,24);(H,3,4)(H,5,6)/t16-,18+;/m1./s1. The van der Waals surface area contributed by atoms with E-state index in [1.165, 1.54) is 44.9 Å². The highest BCUT2D eigenvalue weighted by Gasteiger charge is 2.32. The maximum Gasteiger partial charge on any atom is 0.414 e. The number of para-hydroxylation sites is 1. The van der Waals surface area contributed by atoms with Crippen LogP contribution in [0.5, 0.6) is 0 Å². The molecule has 0 unspecified atom stereocenters. The summed E-state index contributed by atoms with van der Waals surface area (Å²) >= 11 is 6.21. The summed E-state index contributed by atoms with van der Waals surface area (Å²) in [5.74, 6) is -2.72. The van der Waals surface area contributed by atoms with E-state index in [9.17, 15) is 4.79 Å². The van der Waals surface area contributed by atoms with Crippen LogP contribution in [0.25, 0.3) is 0 Å². The van der Waals surface area contributed by atoms with Gasteiger partial charge in [0.15, 0.2) is 0 Å². The van der Waals surface area contributed by atoms with Gasteiger partial charge in [-0.15, -0.1) is 0 Å². The summed E-state index contributed by atoms with van der Waals surface area (Å²) in [5, 5.41) is 18.4. The third-order valence-electron chi connectivity index (χ3n) is 5.90. The summed E-state index contributed by atoms with van der Waals surface area (Å²) in [7, 11) is 0. The molecule has 2 fully saturated rings. The number of anilines is 1. The van der Waals surface area contributed by atoms with Crippen molar-refractivity contribution < 1.29 is 24.6 Å². The van der Waals surface area contributed by atoms with Crippen molar-refractivity contribution in [3.8, 4) is 0 Å². The number of fused-ring (bicyclic) bond motifs is 1. The number of hydrogen-bond donors (Lipinski definition) is 3. The van der Waals surface area contributed by atoms with E-state index >= 15 is 0 Å². The second-order valence-electron chi connectivity index (χ2n) is 7.98. The maximum atomic E-state index is 12.4. The number of piperidine rings is 1. The minimum atomic E-state index is -1.82. The van der Waals surface area contributed by atoms with Gasteiger partial charge in [-0.1, -0.05) is 43.0 Å². The molecule has 0 spiro atoms. The number of carboxylic acids is 2. The van der Waals surface area contributed by atoms with Crippen LogP contribution in [-0.2, 0) is 14.4 Å². The quantitative estimate of drug-likeness (QED) is 0.609. The molecule has 1 saturated heterocycles. The molecule has 166 valence electrons. The number of aliphatic carboxylic acids is 2. The van der Waals surface area contributed by atoms with E-state index in [0.29, 0.717) is 17.5 Å². The Morgan fingerprint density at radius 3 is 2.40 bits per heavy atom. The van der Waals surface area contributed by atoms with Crippen molar-refractivity contribution in [3.63, 3.8) is 0 Å². The van der Waals surface area contributed by atoms with Gasteiger partial charge >= 0.3 is 11.9 Å². The fraction of sp³-hybridized carbons (Fsp3) is 0.591. The molecule has 1 aromatic rings. The van der Waals surface area contributed by atoms with Crippen molar-refractivity contribution in [2.75, 3.05) is 18.4 Å². The molecule has 1 aliphatic heterocycles. The van der Waals surface area contributed by atoms with E-state index < -0.39 is 11.9 Å². The van der Waals surface area contributed by atoms with Crippen molar-refractivity contribution in [2.24, 2.45) is 5.92 Å². The molecule has 7 nitrogen and oxygen atoms in total. The van der Waals surface area contributed by atoms with Crippen molar-refractivity contribution >= 4 is 35.1 Å². The predicted molar refractivity (Wildman–Crippen MR) is 116 cm³/mol. The number of nitrogens with one attached hydrogen (secondary N) is 1. The summed E-state index contributed by atoms with van der Waals surface area (Å²) in [6.45, 7) is 4.00. The summed E-state index contributed by atoms with van der Waals surface area (Å²) in [4.78, 5) is 33.2. The van der Waals surface area contributed by atoms with Crippen LogP contribution in [0.3, 0.4) is 0 Å². The molecular formula is C22H31ClN2O5. The lowest BCUT2D eigenvalue weighted by Gasteiger charge is -2.40. The maximum absolute atomic E-state index is 12.4. The molecule has 1 aliphatic carbocycles. The summed E-state index contributed by atoms with van der Waals surface area (Å²) in [6, 6.07) is 6.41. The largest absolute Gasteiger partial charge is 0.473 e. The molecule has 0 radical (unpaired) electrons. The number of aryl methyl sites for hydroxylation is 1. The first-order chi connectivity index (χ1) is 14.3. The number of rotatable bonds is 4. The number of nitrogens with zero attached hydrogens (tertiary/aromatic N) is 1. The van der Waals surface area contributed by atoms with Crippen LogP contribution in [0.15, 0.2) is 18.2 Å². The van der Waals surface area contributed by atoms with Crippen LogP contribution in [0, 0.1) is 12.8 Å². The average molecular weight is 439 g/mol. The number of amides is 1. The zero-order valence-corrected chi connectivity index (χ0v) is 18.2. The van der Waals surface area contributed by atoms with Gasteiger partial charge < -0.3 is 15.5 Å². The zero-order valence-electron chi connectivity index (χ0n) is 17.4. The van der Waals surface area contributed by atoms with Crippen LogP contribution in [0.1, 0.15) is 56.9 Å². The number of carboxylic acid groups (broad SMARTS) is 2. The van der Waals surface area contributed by atoms with Crippen LogP contribution >= 0.6 is 11.6 Å². The second-order valence-corrected chi connectivity index (χ2v) is 8.39. The first-order valence-corrected chi connectivity index (χ1v) is 10.9. The number of benzene rings is 1. The lowest BCUT2D eigenvalue weighted by atomic mass is 9.85. The SMILES string of the molecule is Cc1cccc(Cl)c1NC(=O)CCN1CCC[C@H]2CCCCC[C@@H]21.O=C(O)C(=O)O. The first-order valence-electron chi connectivity index (χ1n) is 10.5. The Morgan fingerprint density at radius 1 is 1.07 bits per heavy atom. The molecule has 3 N–H and O–H groups in total. The zero-order chi connectivity index (χ0) is 22.1. The Bertz CT molecular complexity index is 723. The molecule has 3 rings (SSSR count). The van der Waals surface area contributed by atoms with Crippen molar-refractivity contribution in [3.05, 3.63) is 28.8 Å². The lowest BCUT2D eigenvalue weighted by molar-refractivity contribution is -0.159. The number of likely N-dealkylation sites (tertiary alicyclic amines) is 1. The van der Waals surface area contributed by atoms with Gasteiger partial charge in [-0.3, -0.25) is 9.69 Å². The van der Waals surface area contributed by atoms with Crippen LogP contribution in [0.2, 0.25) is 5.02 Å². The minimum absolute atomic E-state index is 0.0712. The Hall–Kier alpha value is -2.12. The Balaban J connectivity index is 0.000000469. The summed E-state index contributed by atoms with van der Waals surface area (Å²) < 4.78 is 0. The normalized spacial score (nSPS) is 21.4. The molecule has 1 amide bonds. The van der Waals surface area contributed by atoms with Gasteiger partial charge in [0.25, 0.3) is 0 Å². The summed E-state index contributed by atoms with van der Waals surface area (Å²) in [5.41, 5.74) is 1.77. The number of carbonyl (C=O) groups excluding carboxylic acids is 1. The smallest absolute Gasteiger partial charge is 0.414 e. The van der Waals surface area contributed by atoms with Crippen LogP contribution < -0.4 is 5.32 Å². The van der Waals surface area contributed by atoms with E-state index in [0.717, 1.165) is 30.3 Å². The Morgan fingerprint density at radius 2 is 1.73 bits per heavy atom. The molecule has 0 bridgehead atoms. The van der Waals surface area contributed by atoms with E-state index in [2.05, 4.69) is 10.2 Å². The molecule has 1 aromatic carbocycles. The predicted octanol–water partition coefficient (Wildman–Crippen LogP) is 4.18. The highest BCUT2D eigenvalue weighted by atomic mass is 35.5. The van der Waals surface area contributed by atoms with Crippen molar-refractivity contribution in [1.29, 1.82) is 0 Å². The van der Waals surface area contributed by atoms with Gasteiger partial charge in [-0.2, -0.15) is 0 Å². The second kappa shape index (κ2) is 11.9. The fourth-order valence-corrected chi connectivity index (χ4v) is 4.69.